The van der Waals surface area contributed by atoms with Gasteiger partial charge in [0.25, 0.3) is 0 Å². The normalized spacial score (nSPS) is 14.9. The van der Waals surface area contributed by atoms with Crippen molar-refractivity contribution in [3.8, 4) is 5.88 Å². The van der Waals surface area contributed by atoms with E-state index < -0.39 is 0 Å². The first-order chi connectivity index (χ1) is 11.8. The van der Waals surface area contributed by atoms with Gasteiger partial charge in [0.1, 0.15) is 12.1 Å². The molecule has 7 heteroatoms. The van der Waals surface area contributed by atoms with Crippen molar-refractivity contribution < 1.29 is 4.74 Å². The standard InChI is InChI=1S/C17H18N6O/c1-24-17-14-10-13(2-3-15(14)20-12-21-17)22-6-8-23(9-7-22)16-11-18-4-5-19-16/h2-5,10-12H,6-9H2,1H3. The third kappa shape index (κ3) is 2.68. The van der Waals surface area contributed by atoms with Crippen LogP contribution in [0.5, 0.6) is 5.88 Å². The first-order valence-electron chi connectivity index (χ1n) is 7.90. The molecule has 1 aromatic carbocycles. The molecular formula is C17H18N6O. The Kier molecular flexibility index (Phi) is 3.82. The summed E-state index contributed by atoms with van der Waals surface area (Å²) in [6.07, 6.45) is 6.77. The lowest BCUT2D eigenvalue weighted by Crippen LogP contribution is -2.46. The van der Waals surface area contributed by atoms with E-state index in [1.165, 1.54) is 6.33 Å². The third-order valence-electron chi connectivity index (χ3n) is 4.29. The van der Waals surface area contributed by atoms with Crippen LogP contribution in [-0.2, 0) is 0 Å². The van der Waals surface area contributed by atoms with Crippen LogP contribution in [0.15, 0.2) is 43.1 Å². The van der Waals surface area contributed by atoms with Gasteiger partial charge in [-0.1, -0.05) is 0 Å². The van der Waals surface area contributed by atoms with Gasteiger partial charge in [-0.3, -0.25) is 4.98 Å². The Labute approximate surface area is 140 Å². The number of rotatable bonds is 3. The summed E-state index contributed by atoms with van der Waals surface area (Å²) in [6, 6.07) is 6.23. The van der Waals surface area contributed by atoms with Crippen molar-refractivity contribution in [3.63, 3.8) is 0 Å². The Balaban J connectivity index is 1.54. The molecule has 3 aromatic rings. The largest absolute Gasteiger partial charge is 0.480 e. The van der Waals surface area contributed by atoms with Crippen LogP contribution in [0.1, 0.15) is 0 Å². The quantitative estimate of drug-likeness (QED) is 0.728. The summed E-state index contributed by atoms with van der Waals surface area (Å²) in [6.45, 7) is 3.69. The molecule has 0 saturated carbocycles. The third-order valence-corrected chi connectivity index (χ3v) is 4.29. The second kappa shape index (κ2) is 6.27. The number of piperazine rings is 1. The van der Waals surface area contributed by atoms with Gasteiger partial charge < -0.3 is 14.5 Å². The lowest BCUT2D eigenvalue weighted by Gasteiger charge is -2.36. The molecule has 1 fully saturated rings. The van der Waals surface area contributed by atoms with Crippen LogP contribution < -0.4 is 14.5 Å². The van der Waals surface area contributed by atoms with Gasteiger partial charge in [-0.25, -0.2) is 15.0 Å². The molecule has 1 aliphatic rings. The Morgan fingerprint density at radius 2 is 1.79 bits per heavy atom. The number of anilines is 2. The molecular weight excluding hydrogens is 304 g/mol. The smallest absolute Gasteiger partial charge is 0.224 e. The first-order valence-corrected chi connectivity index (χ1v) is 7.90. The van der Waals surface area contributed by atoms with Gasteiger partial charge in [-0.05, 0) is 18.2 Å². The number of methoxy groups -OCH3 is 1. The number of hydrogen-bond donors (Lipinski definition) is 0. The molecule has 24 heavy (non-hydrogen) atoms. The van der Waals surface area contributed by atoms with E-state index in [2.05, 4.69) is 41.9 Å². The summed E-state index contributed by atoms with van der Waals surface area (Å²) in [5.74, 6) is 1.55. The van der Waals surface area contributed by atoms with Gasteiger partial charge in [0, 0.05) is 44.3 Å². The molecule has 0 atom stereocenters. The minimum absolute atomic E-state index is 0.611. The molecule has 1 aliphatic heterocycles. The molecule has 0 N–H and O–H groups in total. The van der Waals surface area contributed by atoms with E-state index in [9.17, 15) is 0 Å². The van der Waals surface area contributed by atoms with Crippen LogP contribution in [0.4, 0.5) is 11.5 Å². The summed E-state index contributed by atoms with van der Waals surface area (Å²) in [5, 5.41) is 0.939. The molecule has 2 aromatic heterocycles. The number of nitrogens with zero attached hydrogens (tertiary/aromatic N) is 6. The maximum absolute atomic E-state index is 5.35. The van der Waals surface area contributed by atoms with E-state index >= 15 is 0 Å². The summed E-state index contributed by atoms with van der Waals surface area (Å²) < 4.78 is 5.35. The van der Waals surface area contributed by atoms with E-state index in [-0.39, 0.29) is 0 Å². The van der Waals surface area contributed by atoms with Crippen molar-refractivity contribution in [2.45, 2.75) is 0 Å². The van der Waals surface area contributed by atoms with Crippen molar-refractivity contribution in [2.24, 2.45) is 0 Å². The Morgan fingerprint density at radius 1 is 0.958 bits per heavy atom. The molecule has 3 heterocycles. The SMILES string of the molecule is COc1ncnc2ccc(N3CCN(c4cnccn4)CC3)cc12. The van der Waals surface area contributed by atoms with Crippen molar-refractivity contribution in [1.29, 1.82) is 0 Å². The van der Waals surface area contributed by atoms with Crippen LogP contribution in [-0.4, -0.2) is 53.2 Å². The van der Waals surface area contributed by atoms with Crippen LogP contribution in [0, 0.1) is 0 Å². The van der Waals surface area contributed by atoms with Crippen LogP contribution >= 0.6 is 0 Å². The van der Waals surface area contributed by atoms with Crippen molar-refractivity contribution in [2.75, 3.05) is 43.1 Å². The highest BCUT2D eigenvalue weighted by atomic mass is 16.5. The van der Waals surface area contributed by atoms with Gasteiger partial charge in [0.05, 0.1) is 24.2 Å². The maximum atomic E-state index is 5.35. The Morgan fingerprint density at radius 3 is 2.54 bits per heavy atom. The van der Waals surface area contributed by atoms with Gasteiger partial charge in [0.15, 0.2) is 0 Å². The van der Waals surface area contributed by atoms with E-state index in [0.717, 1.165) is 48.6 Å². The highest BCUT2D eigenvalue weighted by Gasteiger charge is 2.19. The fourth-order valence-corrected chi connectivity index (χ4v) is 3.03. The van der Waals surface area contributed by atoms with Crippen molar-refractivity contribution in [3.05, 3.63) is 43.1 Å². The van der Waals surface area contributed by atoms with Crippen molar-refractivity contribution >= 4 is 22.4 Å². The van der Waals surface area contributed by atoms with Crippen molar-refractivity contribution in [1.82, 2.24) is 19.9 Å². The molecule has 0 aliphatic carbocycles. The number of hydrogen-bond acceptors (Lipinski definition) is 7. The van der Waals surface area contributed by atoms with E-state index in [1.54, 1.807) is 19.5 Å². The van der Waals surface area contributed by atoms with E-state index in [4.69, 9.17) is 4.74 Å². The highest BCUT2D eigenvalue weighted by molar-refractivity contribution is 5.86. The van der Waals surface area contributed by atoms with Gasteiger partial charge >= 0.3 is 0 Å². The summed E-state index contributed by atoms with van der Waals surface area (Å²) in [5.41, 5.74) is 2.05. The second-order valence-electron chi connectivity index (χ2n) is 5.62. The van der Waals surface area contributed by atoms with E-state index in [1.807, 2.05) is 12.3 Å². The van der Waals surface area contributed by atoms with Gasteiger partial charge in [0.2, 0.25) is 5.88 Å². The predicted octanol–water partition coefficient (Wildman–Crippen LogP) is 1.75. The summed E-state index contributed by atoms with van der Waals surface area (Å²) in [4.78, 5) is 21.6. The zero-order chi connectivity index (χ0) is 16.4. The second-order valence-corrected chi connectivity index (χ2v) is 5.62. The number of aromatic nitrogens is 4. The topological polar surface area (TPSA) is 67.3 Å². The molecule has 4 rings (SSSR count). The number of benzene rings is 1. The molecule has 0 amide bonds. The predicted molar refractivity (Wildman–Crippen MR) is 92.5 cm³/mol. The minimum atomic E-state index is 0.611. The first kappa shape index (κ1) is 14.6. The summed E-state index contributed by atoms with van der Waals surface area (Å²) in [7, 11) is 1.63. The number of fused-ring (bicyclic) bond motifs is 1. The molecule has 0 unspecified atom stereocenters. The lowest BCUT2D eigenvalue weighted by molar-refractivity contribution is 0.402. The number of ether oxygens (including phenoxy) is 1. The molecule has 0 spiro atoms. The maximum Gasteiger partial charge on any atom is 0.224 e. The average molecular weight is 322 g/mol. The molecule has 7 nitrogen and oxygen atoms in total. The van der Waals surface area contributed by atoms with E-state index in [0.29, 0.717) is 5.88 Å². The highest BCUT2D eigenvalue weighted by Crippen LogP contribution is 2.27. The Bertz CT molecular complexity index is 833. The monoisotopic (exact) mass is 322 g/mol. The molecule has 0 radical (unpaired) electrons. The lowest BCUT2D eigenvalue weighted by atomic mass is 10.2. The fourth-order valence-electron chi connectivity index (χ4n) is 3.03. The fraction of sp³-hybridized carbons (Fsp3) is 0.294. The molecule has 0 bridgehead atoms. The van der Waals surface area contributed by atoms with Crippen LogP contribution in [0.25, 0.3) is 10.9 Å². The molecule has 122 valence electrons. The zero-order valence-electron chi connectivity index (χ0n) is 13.5. The minimum Gasteiger partial charge on any atom is -0.480 e. The van der Waals surface area contributed by atoms with Crippen LogP contribution in [0.3, 0.4) is 0 Å². The average Bonchev–Trinajstić information content (AvgIpc) is 2.68. The van der Waals surface area contributed by atoms with Crippen LogP contribution in [0.2, 0.25) is 0 Å². The van der Waals surface area contributed by atoms with Gasteiger partial charge in [-0.2, -0.15) is 0 Å². The van der Waals surface area contributed by atoms with Gasteiger partial charge in [-0.15, -0.1) is 0 Å². The Hall–Kier alpha value is -2.96. The molecule has 1 saturated heterocycles. The zero-order valence-corrected chi connectivity index (χ0v) is 13.5. The summed E-state index contributed by atoms with van der Waals surface area (Å²) >= 11 is 0.